The van der Waals surface area contributed by atoms with Crippen molar-refractivity contribution < 1.29 is 4.42 Å². The fraction of sp³-hybridized carbons (Fsp3) is 0.0725. The molecule has 0 saturated heterocycles. The zero-order valence-corrected chi connectivity index (χ0v) is 39.9. The van der Waals surface area contributed by atoms with Crippen molar-refractivity contribution in [3.63, 3.8) is 0 Å². The van der Waals surface area contributed by atoms with E-state index in [1.54, 1.807) is 0 Å². The van der Waals surface area contributed by atoms with Crippen LogP contribution in [0.3, 0.4) is 0 Å². The molecule has 1 aromatic heterocycles. The van der Waals surface area contributed by atoms with Gasteiger partial charge in [0.1, 0.15) is 11.2 Å². The van der Waals surface area contributed by atoms with Crippen LogP contribution in [-0.2, 0) is 10.8 Å². The Morgan fingerprint density at radius 2 is 0.915 bits per heavy atom. The fourth-order valence-corrected chi connectivity index (χ4v) is 12.2. The minimum absolute atomic E-state index is 0.0607. The lowest BCUT2D eigenvalue weighted by Gasteiger charge is -2.33. The molecule has 2 nitrogen and oxygen atoms in total. The van der Waals surface area contributed by atoms with Gasteiger partial charge in [-0.2, -0.15) is 0 Å². The molecule has 0 saturated carbocycles. The summed E-state index contributed by atoms with van der Waals surface area (Å²) in [7, 11) is 0. The van der Waals surface area contributed by atoms with Gasteiger partial charge in [0, 0.05) is 27.6 Å². The Hall–Kier alpha value is -8.72. The minimum Gasteiger partial charge on any atom is -0.456 e. The predicted octanol–water partition coefficient (Wildman–Crippen LogP) is 18.9. The summed E-state index contributed by atoms with van der Waals surface area (Å²) >= 11 is 0. The first-order chi connectivity index (χ1) is 34.8. The molecule has 11 aromatic carbocycles. The standard InChI is InChI=1S/C69H49NO/c1-68(2,3)49-34-29-44(30-35-49)47-33-39-63(57(41-47)45-17-5-4-6-18-45)70(64-40-32-46-19-7-8-20-51(46)67(64)48-31-37-56-55-24-12-16-28-65(55)71-66(56)42-48)50-36-38-62-58(43-50)54-23-11-15-27-61(54)69(62)59-25-13-9-21-52(59)53-22-10-14-26-60(53)69/h4-43H,1-3H3. The molecule has 0 radical (unpaired) electrons. The maximum absolute atomic E-state index is 6.62. The van der Waals surface area contributed by atoms with Crippen molar-refractivity contribution in [1.29, 1.82) is 0 Å². The highest BCUT2D eigenvalue weighted by Gasteiger charge is 2.51. The SMILES string of the molecule is CC(C)(C)c1ccc(-c2ccc(N(c3ccc4c(c3)-c3ccccc3C43c4ccccc4-c4ccccc43)c3ccc4ccccc4c3-c3ccc4c(c3)oc3ccccc34)c(-c3ccccc3)c2)cc1. The molecule has 0 unspecified atom stereocenters. The zero-order chi connectivity index (χ0) is 47.4. The monoisotopic (exact) mass is 907 g/mol. The first-order valence-corrected chi connectivity index (χ1v) is 24.8. The molecule has 12 aromatic rings. The van der Waals surface area contributed by atoms with E-state index in [1.807, 2.05) is 6.07 Å². The first-order valence-electron chi connectivity index (χ1n) is 24.8. The second-order valence-corrected chi connectivity index (χ2v) is 20.4. The molecule has 14 rings (SSSR count). The quantitative estimate of drug-likeness (QED) is 0.165. The largest absolute Gasteiger partial charge is 0.456 e. The Kier molecular flexibility index (Phi) is 9.10. The van der Waals surface area contributed by atoms with Crippen LogP contribution in [-0.4, -0.2) is 0 Å². The zero-order valence-electron chi connectivity index (χ0n) is 39.9. The number of hydrogen-bond donors (Lipinski definition) is 0. The normalized spacial score (nSPS) is 13.1. The molecule has 1 heterocycles. The topological polar surface area (TPSA) is 16.4 Å². The molecule has 0 amide bonds. The lowest BCUT2D eigenvalue weighted by Crippen LogP contribution is -2.25. The molecule has 0 fully saturated rings. The second-order valence-electron chi connectivity index (χ2n) is 20.4. The molecule has 2 aliphatic rings. The summed E-state index contributed by atoms with van der Waals surface area (Å²) in [6, 6.07) is 90.2. The van der Waals surface area contributed by atoms with Crippen molar-refractivity contribution in [2.24, 2.45) is 0 Å². The van der Waals surface area contributed by atoms with Gasteiger partial charge in [-0.05, 0) is 137 Å². The summed E-state index contributed by atoms with van der Waals surface area (Å²) in [6.45, 7) is 6.83. The van der Waals surface area contributed by atoms with Crippen LogP contribution < -0.4 is 4.90 Å². The molecule has 0 atom stereocenters. The Bertz CT molecular complexity index is 4050. The van der Waals surface area contributed by atoms with Crippen LogP contribution >= 0.6 is 0 Å². The van der Waals surface area contributed by atoms with Gasteiger partial charge in [0.2, 0.25) is 0 Å². The van der Waals surface area contributed by atoms with Crippen LogP contribution in [0.1, 0.15) is 48.6 Å². The summed E-state index contributed by atoms with van der Waals surface area (Å²) in [5, 5.41) is 4.59. The van der Waals surface area contributed by atoms with E-state index in [4.69, 9.17) is 4.42 Å². The molecule has 2 heteroatoms. The molecule has 1 spiro atoms. The summed E-state index contributed by atoms with van der Waals surface area (Å²) in [5.74, 6) is 0. The number of rotatable bonds is 6. The van der Waals surface area contributed by atoms with Gasteiger partial charge in [-0.1, -0.05) is 215 Å². The van der Waals surface area contributed by atoms with Gasteiger partial charge in [-0.25, -0.2) is 0 Å². The number of anilines is 3. The van der Waals surface area contributed by atoms with Crippen molar-refractivity contribution in [2.75, 3.05) is 4.90 Å². The van der Waals surface area contributed by atoms with Gasteiger partial charge >= 0.3 is 0 Å². The Labute approximate surface area is 414 Å². The van der Waals surface area contributed by atoms with E-state index in [0.29, 0.717) is 0 Å². The highest BCUT2D eigenvalue weighted by atomic mass is 16.3. The maximum Gasteiger partial charge on any atom is 0.136 e. The van der Waals surface area contributed by atoms with E-state index in [0.717, 1.165) is 61.3 Å². The summed E-state index contributed by atoms with van der Waals surface area (Å²) in [4.78, 5) is 2.53. The van der Waals surface area contributed by atoms with E-state index in [1.165, 1.54) is 72.0 Å². The number of fused-ring (bicyclic) bond motifs is 14. The van der Waals surface area contributed by atoms with Crippen LogP contribution in [0.2, 0.25) is 0 Å². The average Bonchev–Trinajstić information content (AvgIpc) is 4.05. The Balaban J connectivity index is 1.06. The summed E-state index contributed by atoms with van der Waals surface area (Å²) in [6.07, 6.45) is 0. The van der Waals surface area contributed by atoms with E-state index in [-0.39, 0.29) is 5.41 Å². The number of para-hydroxylation sites is 1. The molecule has 0 aliphatic heterocycles. The molecule has 71 heavy (non-hydrogen) atoms. The first kappa shape index (κ1) is 41.3. The number of furan rings is 1. The molecule has 2 aliphatic carbocycles. The van der Waals surface area contributed by atoms with Crippen molar-refractivity contribution in [3.8, 4) is 55.6 Å². The van der Waals surface area contributed by atoms with Crippen LogP contribution in [0.15, 0.2) is 247 Å². The molecule has 0 bridgehead atoms. The smallest absolute Gasteiger partial charge is 0.136 e. The van der Waals surface area contributed by atoms with Crippen molar-refractivity contribution in [2.45, 2.75) is 31.6 Å². The van der Waals surface area contributed by atoms with Gasteiger partial charge in [-0.3, -0.25) is 0 Å². The molecular formula is C69H49NO. The van der Waals surface area contributed by atoms with E-state index >= 15 is 0 Å². The van der Waals surface area contributed by atoms with Crippen molar-refractivity contribution in [3.05, 3.63) is 270 Å². The molecule has 336 valence electrons. The lowest BCUT2D eigenvalue weighted by molar-refractivity contribution is 0.590. The third-order valence-corrected chi connectivity index (χ3v) is 15.5. The third-order valence-electron chi connectivity index (χ3n) is 15.5. The van der Waals surface area contributed by atoms with Gasteiger partial charge in [-0.15, -0.1) is 0 Å². The van der Waals surface area contributed by atoms with Crippen LogP contribution in [0.4, 0.5) is 17.1 Å². The second kappa shape index (κ2) is 15.7. The Morgan fingerprint density at radius 3 is 1.63 bits per heavy atom. The predicted molar refractivity (Wildman–Crippen MR) is 297 cm³/mol. The minimum atomic E-state index is -0.446. The van der Waals surface area contributed by atoms with Crippen LogP contribution in [0, 0.1) is 0 Å². The third kappa shape index (κ3) is 6.21. The van der Waals surface area contributed by atoms with Crippen LogP contribution in [0.25, 0.3) is 88.3 Å². The van der Waals surface area contributed by atoms with E-state index in [2.05, 4.69) is 262 Å². The summed E-state index contributed by atoms with van der Waals surface area (Å²) in [5.41, 5.74) is 23.3. The molecule has 0 N–H and O–H groups in total. The van der Waals surface area contributed by atoms with Gasteiger partial charge in [0.25, 0.3) is 0 Å². The van der Waals surface area contributed by atoms with Gasteiger partial charge in [0.15, 0.2) is 0 Å². The lowest BCUT2D eigenvalue weighted by atomic mass is 9.70. The summed E-state index contributed by atoms with van der Waals surface area (Å²) < 4.78 is 6.62. The number of benzene rings is 11. The van der Waals surface area contributed by atoms with Gasteiger partial charge in [0.05, 0.1) is 16.8 Å². The van der Waals surface area contributed by atoms with E-state index in [9.17, 15) is 0 Å². The Morgan fingerprint density at radius 1 is 0.352 bits per heavy atom. The highest BCUT2D eigenvalue weighted by Crippen LogP contribution is 2.63. The maximum atomic E-state index is 6.62. The number of nitrogens with zero attached hydrogens (tertiary/aromatic N) is 1. The van der Waals surface area contributed by atoms with Gasteiger partial charge < -0.3 is 9.32 Å². The average molecular weight is 908 g/mol. The fourth-order valence-electron chi connectivity index (χ4n) is 12.2. The number of hydrogen-bond acceptors (Lipinski definition) is 2. The highest BCUT2D eigenvalue weighted by molar-refractivity contribution is 6.11. The van der Waals surface area contributed by atoms with Crippen LogP contribution in [0.5, 0.6) is 0 Å². The van der Waals surface area contributed by atoms with Crippen molar-refractivity contribution >= 4 is 49.8 Å². The van der Waals surface area contributed by atoms with Crippen molar-refractivity contribution in [1.82, 2.24) is 0 Å². The molecular weight excluding hydrogens is 859 g/mol. The van der Waals surface area contributed by atoms with E-state index < -0.39 is 5.41 Å².